The number of benzene rings is 1. The lowest BCUT2D eigenvalue weighted by atomic mass is 9.92. The lowest BCUT2D eigenvalue weighted by Gasteiger charge is -2.27. The molecule has 0 aliphatic heterocycles. The van der Waals surface area contributed by atoms with E-state index in [1.807, 2.05) is 59.3 Å². The highest BCUT2D eigenvalue weighted by atomic mass is 35.5. The molecule has 172 valence electrons. The highest BCUT2D eigenvalue weighted by Gasteiger charge is 2.20. The van der Waals surface area contributed by atoms with Crippen molar-refractivity contribution in [1.29, 1.82) is 0 Å². The highest BCUT2D eigenvalue weighted by molar-refractivity contribution is 6.30. The first-order valence-corrected chi connectivity index (χ1v) is 11.3. The first-order valence-electron chi connectivity index (χ1n) is 11.0. The molecule has 1 aromatic carbocycles. The van der Waals surface area contributed by atoms with Crippen LogP contribution in [0.4, 0.5) is 11.6 Å². The van der Waals surface area contributed by atoms with Gasteiger partial charge in [0.2, 0.25) is 0 Å². The average molecular weight is 484 g/mol. The van der Waals surface area contributed by atoms with Gasteiger partial charge in [-0.05, 0) is 55.5 Å². The van der Waals surface area contributed by atoms with E-state index in [0.717, 1.165) is 64.9 Å². The summed E-state index contributed by atoms with van der Waals surface area (Å²) in [6.45, 7) is 0.670. The number of nitrogens with one attached hydrogen (secondary N) is 2. The summed E-state index contributed by atoms with van der Waals surface area (Å²) < 4.78 is 2.04. The van der Waals surface area contributed by atoms with Crippen LogP contribution in [0.25, 0.3) is 17.0 Å². The van der Waals surface area contributed by atoms with E-state index in [1.165, 1.54) is 0 Å². The van der Waals surface area contributed by atoms with Crippen LogP contribution in [0.1, 0.15) is 31.2 Å². The fourth-order valence-corrected chi connectivity index (χ4v) is 4.26. The summed E-state index contributed by atoms with van der Waals surface area (Å²) in [5.74, 6) is 1.61. The van der Waals surface area contributed by atoms with Crippen LogP contribution < -0.4 is 16.4 Å². The number of nitrogens with two attached hydrogens (primary N) is 1. The molecule has 0 saturated heterocycles. The normalized spacial score (nSPS) is 18.0. The fourth-order valence-electron chi connectivity index (χ4n) is 4.14. The Morgan fingerprint density at radius 1 is 1.03 bits per heavy atom. The Morgan fingerprint density at radius 3 is 2.61 bits per heavy atom. The summed E-state index contributed by atoms with van der Waals surface area (Å²) in [6, 6.07) is 14.4. The van der Waals surface area contributed by atoms with Crippen molar-refractivity contribution < 1.29 is 0 Å². The molecule has 0 atom stereocenters. The summed E-state index contributed by atoms with van der Waals surface area (Å²) >= 11 is 5.97. The van der Waals surface area contributed by atoms with E-state index in [4.69, 9.17) is 22.3 Å². The van der Waals surface area contributed by atoms with Gasteiger partial charge in [0.15, 0.2) is 11.5 Å². The van der Waals surface area contributed by atoms with Gasteiger partial charge in [0, 0.05) is 36.0 Å². The van der Waals surface area contributed by atoms with E-state index in [2.05, 4.69) is 20.6 Å². The predicted octanol–water partition coefficient (Wildman–Crippen LogP) is 5.16. The van der Waals surface area contributed by atoms with E-state index in [0.29, 0.717) is 18.6 Å². The van der Waals surface area contributed by atoms with Crippen molar-refractivity contribution in [3.63, 3.8) is 0 Å². The molecule has 0 radical (unpaired) electrons. The zero-order chi connectivity index (χ0) is 21.9. The van der Waals surface area contributed by atoms with Gasteiger partial charge in [0.05, 0.1) is 17.6 Å². The van der Waals surface area contributed by atoms with Crippen molar-refractivity contribution in [3.05, 3.63) is 71.6 Å². The largest absolute Gasteiger partial charge is 0.366 e. The molecule has 0 amide bonds. The van der Waals surface area contributed by atoms with Crippen molar-refractivity contribution >= 4 is 41.3 Å². The molecule has 0 bridgehead atoms. The quantitative estimate of drug-likeness (QED) is 0.350. The summed E-state index contributed by atoms with van der Waals surface area (Å²) in [5, 5.41) is 7.69. The van der Waals surface area contributed by atoms with Gasteiger partial charge < -0.3 is 16.4 Å². The van der Waals surface area contributed by atoms with E-state index in [9.17, 15) is 0 Å². The van der Waals surface area contributed by atoms with Gasteiger partial charge in [-0.25, -0.2) is 15.0 Å². The minimum absolute atomic E-state index is 0. The molecule has 0 spiro atoms. The number of fused-ring (bicyclic) bond motifs is 1. The predicted molar refractivity (Wildman–Crippen MR) is 136 cm³/mol. The molecule has 9 heteroatoms. The SMILES string of the molecule is Cl.NC1CCC(Nc2nccn3c(-c4cccc(NCc5ccc(Cl)cc5)n4)cnc23)CC1. The number of aromatic nitrogens is 4. The van der Waals surface area contributed by atoms with Gasteiger partial charge in [-0.3, -0.25) is 4.40 Å². The molecule has 1 aliphatic rings. The lowest BCUT2D eigenvalue weighted by molar-refractivity contribution is 0.410. The highest BCUT2D eigenvalue weighted by Crippen LogP contribution is 2.26. The lowest BCUT2D eigenvalue weighted by Crippen LogP contribution is -2.33. The van der Waals surface area contributed by atoms with Gasteiger partial charge in [-0.2, -0.15) is 0 Å². The van der Waals surface area contributed by atoms with Crippen molar-refractivity contribution in [2.45, 2.75) is 44.3 Å². The average Bonchev–Trinajstić information content (AvgIpc) is 3.26. The van der Waals surface area contributed by atoms with Gasteiger partial charge >= 0.3 is 0 Å². The minimum atomic E-state index is 0. The monoisotopic (exact) mass is 483 g/mol. The molecular formula is C24H27Cl2N7. The molecule has 3 aromatic heterocycles. The fraction of sp³-hybridized carbons (Fsp3) is 0.292. The van der Waals surface area contributed by atoms with Crippen LogP contribution in [0, 0.1) is 0 Å². The van der Waals surface area contributed by atoms with Crippen molar-refractivity contribution in [3.8, 4) is 11.4 Å². The Balaban J connectivity index is 0.00000259. The first kappa shape index (κ1) is 23.3. The smallest absolute Gasteiger partial charge is 0.180 e. The Kier molecular flexibility index (Phi) is 7.33. The number of hydrogen-bond acceptors (Lipinski definition) is 6. The number of halogens is 2. The molecule has 5 rings (SSSR count). The third-order valence-corrected chi connectivity index (χ3v) is 6.19. The van der Waals surface area contributed by atoms with Crippen LogP contribution in [0.3, 0.4) is 0 Å². The van der Waals surface area contributed by atoms with E-state index in [1.54, 1.807) is 6.20 Å². The molecule has 0 unspecified atom stereocenters. The molecule has 33 heavy (non-hydrogen) atoms. The number of hydrogen-bond donors (Lipinski definition) is 3. The summed E-state index contributed by atoms with van der Waals surface area (Å²) in [7, 11) is 0. The molecule has 1 fully saturated rings. The topological polar surface area (TPSA) is 93.2 Å². The minimum Gasteiger partial charge on any atom is -0.366 e. The second-order valence-electron chi connectivity index (χ2n) is 8.26. The molecule has 4 aromatic rings. The summed E-state index contributed by atoms with van der Waals surface area (Å²) in [6.07, 6.45) is 9.78. The Morgan fingerprint density at radius 2 is 1.82 bits per heavy atom. The van der Waals surface area contributed by atoms with Crippen LogP contribution in [-0.2, 0) is 6.54 Å². The zero-order valence-corrected chi connectivity index (χ0v) is 19.7. The van der Waals surface area contributed by atoms with Crippen molar-refractivity contribution in [2.24, 2.45) is 5.73 Å². The maximum Gasteiger partial charge on any atom is 0.180 e. The van der Waals surface area contributed by atoms with E-state index in [-0.39, 0.29) is 12.4 Å². The van der Waals surface area contributed by atoms with Crippen LogP contribution in [0.15, 0.2) is 61.1 Å². The second kappa shape index (κ2) is 10.4. The van der Waals surface area contributed by atoms with E-state index >= 15 is 0 Å². The number of imidazole rings is 1. The van der Waals surface area contributed by atoms with Crippen molar-refractivity contribution in [2.75, 3.05) is 10.6 Å². The van der Waals surface area contributed by atoms with Gasteiger partial charge in [0.1, 0.15) is 5.82 Å². The number of anilines is 2. The number of nitrogens with zero attached hydrogens (tertiary/aromatic N) is 4. The van der Waals surface area contributed by atoms with Gasteiger partial charge in [0.25, 0.3) is 0 Å². The summed E-state index contributed by atoms with van der Waals surface area (Å²) in [4.78, 5) is 14.0. The summed E-state index contributed by atoms with van der Waals surface area (Å²) in [5.41, 5.74) is 9.76. The third-order valence-electron chi connectivity index (χ3n) is 5.94. The molecule has 7 nitrogen and oxygen atoms in total. The van der Waals surface area contributed by atoms with E-state index < -0.39 is 0 Å². The van der Waals surface area contributed by atoms with Crippen LogP contribution >= 0.6 is 24.0 Å². The van der Waals surface area contributed by atoms with Crippen LogP contribution in [0.2, 0.25) is 5.02 Å². The van der Waals surface area contributed by atoms with Crippen LogP contribution in [0.5, 0.6) is 0 Å². The number of rotatable bonds is 6. The second-order valence-corrected chi connectivity index (χ2v) is 8.69. The Bertz CT molecular complexity index is 1200. The van der Waals surface area contributed by atoms with Crippen molar-refractivity contribution in [1.82, 2.24) is 19.4 Å². The standard InChI is InChI=1S/C24H26ClN7.ClH/c25-17-6-4-16(5-7-17)14-28-22-3-1-2-20(31-22)21-15-29-24-23(27-12-13-32(21)24)30-19-10-8-18(26)9-11-19;/h1-7,12-13,15,18-19H,8-11,14,26H2,(H,27,30)(H,28,31);1H. The Hall–Kier alpha value is -2.87. The number of pyridine rings is 1. The molecule has 4 N–H and O–H groups in total. The Labute approximate surface area is 204 Å². The van der Waals surface area contributed by atoms with Gasteiger partial charge in [-0.1, -0.05) is 29.8 Å². The first-order chi connectivity index (χ1) is 15.7. The van der Waals surface area contributed by atoms with Crippen LogP contribution in [-0.4, -0.2) is 31.4 Å². The third kappa shape index (κ3) is 5.38. The zero-order valence-electron chi connectivity index (χ0n) is 18.1. The molecule has 1 saturated carbocycles. The molecular weight excluding hydrogens is 457 g/mol. The molecule has 1 aliphatic carbocycles. The molecule has 3 heterocycles. The maximum atomic E-state index is 6.04. The van der Waals surface area contributed by atoms with Gasteiger partial charge in [-0.15, -0.1) is 12.4 Å². The maximum absolute atomic E-state index is 6.04.